The Kier molecular flexibility index (Phi) is 2.42. The van der Waals surface area contributed by atoms with Crippen LogP contribution in [0.15, 0.2) is 18.7 Å². The predicted molar refractivity (Wildman–Crippen MR) is 45.8 cm³/mol. The molecule has 12 heavy (non-hydrogen) atoms. The van der Waals surface area contributed by atoms with Crippen LogP contribution in [0.1, 0.15) is 19.3 Å². The van der Waals surface area contributed by atoms with E-state index in [1.165, 1.54) is 19.3 Å². The van der Waals surface area contributed by atoms with Crippen LogP contribution < -0.4 is 0 Å². The fourth-order valence-electron chi connectivity index (χ4n) is 1.58. The molecule has 0 bridgehead atoms. The molecule has 3 nitrogen and oxygen atoms in total. The third kappa shape index (κ3) is 1.85. The number of nitrogens with zero attached hydrogens (tertiary/aromatic N) is 2. The summed E-state index contributed by atoms with van der Waals surface area (Å²) in [6.07, 6.45) is 9.77. The first-order valence-electron chi connectivity index (χ1n) is 4.52. The summed E-state index contributed by atoms with van der Waals surface area (Å²) in [6, 6.07) is 0. The van der Waals surface area contributed by atoms with Gasteiger partial charge in [-0.25, -0.2) is 4.98 Å². The van der Waals surface area contributed by atoms with E-state index in [9.17, 15) is 0 Å². The van der Waals surface area contributed by atoms with E-state index < -0.39 is 0 Å². The van der Waals surface area contributed by atoms with Crippen LogP contribution in [0.25, 0.3) is 0 Å². The van der Waals surface area contributed by atoms with Crippen LogP contribution >= 0.6 is 0 Å². The maximum atomic E-state index is 5.60. The maximum absolute atomic E-state index is 5.60. The van der Waals surface area contributed by atoms with Crippen molar-refractivity contribution in [2.45, 2.75) is 31.9 Å². The molecule has 1 aliphatic rings. The number of rotatable bonds is 2. The molecule has 0 radical (unpaired) electrons. The molecule has 1 aliphatic heterocycles. The summed E-state index contributed by atoms with van der Waals surface area (Å²) in [5.41, 5.74) is 0. The summed E-state index contributed by atoms with van der Waals surface area (Å²) in [4.78, 5) is 4.00. The molecule has 1 atom stereocenters. The third-order valence-electron chi connectivity index (χ3n) is 2.25. The van der Waals surface area contributed by atoms with Crippen LogP contribution in [0.3, 0.4) is 0 Å². The minimum absolute atomic E-state index is 0.410. The van der Waals surface area contributed by atoms with E-state index in [0.717, 1.165) is 13.2 Å². The largest absolute Gasteiger partial charge is 0.376 e. The molecule has 2 rings (SSSR count). The second-order valence-corrected chi connectivity index (χ2v) is 3.25. The van der Waals surface area contributed by atoms with E-state index in [4.69, 9.17) is 4.74 Å². The van der Waals surface area contributed by atoms with Gasteiger partial charge in [-0.2, -0.15) is 0 Å². The molecule has 2 heterocycles. The quantitative estimate of drug-likeness (QED) is 0.665. The summed E-state index contributed by atoms with van der Waals surface area (Å²) in [5, 5.41) is 0. The highest BCUT2D eigenvalue weighted by molar-refractivity contribution is 4.76. The molecule has 0 saturated carbocycles. The Hall–Kier alpha value is -0.830. The molecule has 3 heteroatoms. The van der Waals surface area contributed by atoms with Crippen molar-refractivity contribution < 1.29 is 4.74 Å². The smallest absolute Gasteiger partial charge is 0.0946 e. The third-order valence-corrected chi connectivity index (χ3v) is 2.25. The Balaban J connectivity index is 1.86. The van der Waals surface area contributed by atoms with Crippen molar-refractivity contribution in [1.82, 2.24) is 9.55 Å². The number of ether oxygens (including phenoxy) is 1. The first-order valence-corrected chi connectivity index (χ1v) is 4.52. The number of imidazole rings is 1. The molecule has 1 aromatic heterocycles. The van der Waals surface area contributed by atoms with E-state index in [0.29, 0.717) is 6.10 Å². The average molecular weight is 166 g/mol. The van der Waals surface area contributed by atoms with Crippen molar-refractivity contribution in [3.63, 3.8) is 0 Å². The molecule has 1 saturated heterocycles. The highest BCUT2D eigenvalue weighted by Crippen LogP contribution is 2.13. The Labute approximate surface area is 72.4 Å². The lowest BCUT2D eigenvalue weighted by atomic mass is 10.1. The normalized spacial score (nSPS) is 24.2. The van der Waals surface area contributed by atoms with Crippen molar-refractivity contribution in [2.75, 3.05) is 6.61 Å². The fourth-order valence-corrected chi connectivity index (χ4v) is 1.58. The van der Waals surface area contributed by atoms with Crippen LogP contribution in [-0.4, -0.2) is 22.3 Å². The van der Waals surface area contributed by atoms with Gasteiger partial charge in [0.1, 0.15) is 0 Å². The molecule has 1 fully saturated rings. The zero-order valence-corrected chi connectivity index (χ0v) is 7.15. The minimum Gasteiger partial charge on any atom is -0.376 e. The average Bonchev–Trinajstić information content (AvgIpc) is 2.59. The van der Waals surface area contributed by atoms with Crippen molar-refractivity contribution >= 4 is 0 Å². The monoisotopic (exact) mass is 166 g/mol. The molecule has 0 spiro atoms. The molecule has 1 unspecified atom stereocenters. The summed E-state index contributed by atoms with van der Waals surface area (Å²) >= 11 is 0. The number of hydrogen-bond acceptors (Lipinski definition) is 2. The summed E-state index contributed by atoms with van der Waals surface area (Å²) in [6.45, 7) is 1.89. The highest BCUT2D eigenvalue weighted by Gasteiger charge is 2.13. The van der Waals surface area contributed by atoms with Crippen molar-refractivity contribution in [2.24, 2.45) is 0 Å². The lowest BCUT2D eigenvalue weighted by Crippen LogP contribution is -2.23. The van der Waals surface area contributed by atoms with Crippen LogP contribution in [-0.2, 0) is 11.3 Å². The SMILES string of the molecule is c1cn(CC2CCCCO2)cn1. The van der Waals surface area contributed by atoms with Crippen LogP contribution in [0, 0.1) is 0 Å². The molecule has 0 N–H and O–H groups in total. The van der Waals surface area contributed by atoms with Gasteiger partial charge in [0.25, 0.3) is 0 Å². The van der Waals surface area contributed by atoms with Crippen LogP contribution in [0.5, 0.6) is 0 Å². The molecule has 0 aromatic carbocycles. The minimum atomic E-state index is 0.410. The molecular weight excluding hydrogens is 152 g/mol. The molecule has 66 valence electrons. The van der Waals surface area contributed by atoms with Crippen LogP contribution in [0.2, 0.25) is 0 Å². The Morgan fingerprint density at radius 1 is 1.50 bits per heavy atom. The van der Waals surface area contributed by atoms with Crippen LogP contribution in [0.4, 0.5) is 0 Å². The van der Waals surface area contributed by atoms with Crippen molar-refractivity contribution in [3.05, 3.63) is 18.7 Å². The number of hydrogen-bond donors (Lipinski definition) is 0. The topological polar surface area (TPSA) is 27.1 Å². The Bertz CT molecular complexity index is 214. The van der Waals surface area contributed by atoms with Crippen molar-refractivity contribution in [3.8, 4) is 0 Å². The van der Waals surface area contributed by atoms with Gasteiger partial charge in [-0.3, -0.25) is 0 Å². The fraction of sp³-hybridized carbons (Fsp3) is 0.667. The van der Waals surface area contributed by atoms with E-state index in [1.54, 1.807) is 0 Å². The maximum Gasteiger partial charge on any atom is 0.0946 e. The highest BCUT2D eigenvalue weighted by atomic mass is 16.5. The summed E-state index contributed by atoms with van der Waals surface area (Å²) in [7, 11) is 0. The van der Waals surface area contributed by atoms with Gasteiger partial charge in [0.2, 0.25) is 0 Å². The standard InChI is InChI=1S/C9H14N2O/c1-2-6-12-9(3-1)7-11-5-4-10-8-11/h4-5,8-9H,1-3,6-7H2. The van der Waals surface area contributed by atoms with Gasteiger partial charge in [0, 0.05) is 25.5 Å². The van der Waals surface area contributed by atoms with Gasteiger partial charge in [0.15, 0.2) is 0 Å². The predicted octanol–water partition coefficient (Wildman–Crippen LogP) is 1.45. The van der Waals surface area contributed by atoms with Gasteiger partial charge in [0.05, 0.1) is 12.4 Å². The van der Waals surface area contributed by atoms with E-state index in [-0.39, 0.29) is 0 Å². The van der Waals surface area contributed by atoms with E-state index in [2.05, 4.69) is 9.55 Å². The van der Waals surface area contributed by atoms with Crippen molar-refractivity contribution in [1.29, 1.82) is 0 Å². The second-order valence-electron chi connectivity index (χ2n) is 3.25. The van der Waals surface area contributed by atoms with E-state index in [1.807, 2.05) is 18.7 Å². The Morgan fingerprint density at radius 3 is 3.17 bits per heavy atom. The van der Waals surface area contributed by atoms with Gasteiger partial charge in [-0.15, -0.1) is 0 Å². The lowest BCUT2D eigenvalue weighted by Gasteiger charge is -2.22. The zero-order valence-electron chi connectivity index (χ0n) is 7.15. The summed E-state index contributed by atoms with van der Waals surface area (Å²) in [5.74, 6) is 0. The molecule has 1 aromatic rings. The first kappa shape index (κ1) is 7.80. The zero-order chi connectivity index (χ0) is 8.23. The van der Waals surface area contributed by atoms with Gasteiger partial charge < -0.3 is 9.30 Å². The summed E-state index contributed by atoms with van der Waals surface area (Å²) < 4.78 is 7.68. The molecule has 0 aliphatic carbocycles. The lowest BCUT2D eigenvalue weighted by molar-refractivity contribution is 0.00598. The first-order chi connectivity index (χ1) is 5.95. The molecule has 0 amide bonds. The number of aromatic nitrogens is 2. The van der Waals surface area contributed by atoms with E-state index >= 15 is 0 Å². The van der Waals surface area contributed by atoms with Gasteiger partial charge in [-0.1, -0.05) is 0 Å². The Morgan fingerprint density at radius 2 is 2.50 bits per heavy atom. The van der Waals surface area contributed by atoms with Gasteiger partial charge >= 0.3 is 0 Å². The van der Waals surface area contributed by atoms with Gasteiger partial charge in [-0.05, 0) is 19.3 Å². The second kappa shape index (κ2) is 3.72. The molecular formula is C9H14N2O.